The van der Waals surface area contributed by atoms with Crippen molar-refractivity contribution in [3.8, 4) is 5.88 Å². The zero-order valence-electron chi connectivity index (χ0n) is 15.2. The largest absolute Gasteiger partial charge is 0.478 e. The third-order valence-electron chi connectivity index (χ3n) is 4.90. The lowest BCUT2D eigenvalue weighted by molar-refractivity contribution is 0.322. The molecule has 26 heavy (non-hydrogen) atoms. The number of hydrogen-bond acceptors (Lipinski definition) is 5. The maximum absolute atomic E-state index is 5.63. The van der Waals surface area contributed by atoms with Crippen LogP contribution in [-0.4, -0.2) is 39.9 Å². The van der Waals surface area contributed by atoms with Crippen molar-refractivity contribution in [2.45, 2.75) is 39.0 Å². The van der Waals surface area contributed by atoms with Crippen LogP contribution in [0, 0.1) is 0 Å². The lowest BCUT2D eigenvalue weighted by atomic mass is 10.1. The number of ether oxygens (including phenoxy) is 1. The Balaban J connectivity index is 1.49. The molecule has 4 rings (SSSR count). The van der Waals surface area contributed by atoms with Crippen molar-refractivity contribution in [1.29, 1.82) is 0 Å². The fourth-order valence-corrected chi connectivity index (χ4v) is 3.65. The number of nitrogens with one attached hydrogen (secondary N) is 1. The van der Waals surface area contributed by atoms with Crippen LogP contribution in [0.5, 0.6) is 5.88 Å². The average Bonchev–Trinajstić information content (AvgIpc) is 3.34. The average molecular weight is 351 g/mol. The van der Waals surface area contributed by atoms with Crippen molar-refractivity contribution in [2.24, 2.45) is 0 Å². The molecule has 1 aliphatic heterocycles. The number of fused-ring (bicyclic) bond motifs is 1. The molecule has 6 heteroatoms. The smallest absolute Gasteiger partial charge is 0.216 e. The van der Waals surface area contributed by atoms with Gasteiger partial charge in [-0.3, -0.25) is 5.10 Å². The molecule has 1 aliphatic rings. The molecule has 0 saturated carbocycles. The zero-order chi connectivity index (χ0) is 17.8. The highest BCUT2D eigenvalue weighted by atomic mass is 16.5. The molecule has 4 heterocycles. The first-order chi connectivity index (χ1) is 12.8. The van der Waals surface area contributed by atoms with Crippen LogP contribution in [0.25, 0.3) is 11.0 Å². The second kappa shape index (κ2) is 7.72. The van der Waals surface area contributed by atoms with Gasteiger partial charge in [0.25, 0.3) is 0 Å². The van der Waals surface area contributed by atoms with Crippen molar-refractivity contribution in [2.75, 3.05) is 24.6 Å². The Labute approximate surface area is 153 Å². The number of H-pyrrole nitrogens is 1. The quantitative estimate of drug-likeness (QED) is 0.705. The van der Waals surface area contributed by atoms with Crippen molar-refractivity contribution in [3.05, 3.63) is 41.9 Å². The van der Waals surface area contributed by atoms with E-state index in [0.29, 0.717) is 6.61 Å². The summed E-state index contributed by atoms with van der Waals surface area (Å²) in [5, 5.41) is 7.31. The van der Waals surface area contributed by atoms with Crippen molar-refractivity contribution in [1.82, 2.24) is 20.2 Å². The molecule has 1 N–H and O–H groups in total. The van der Waals surface area contributed by atoms with Crippen LogP contribution >= 0.6 is 0 Å². The van der Waals surface area contributed by atoms with Gasteiger partial charge in [0, 0.05) is 30.5 Å². The Morgan fingerprint density at radius 1 is 1.23 bits per heavy atom. The summed E-state index contributed by atoms with van der Waals surface area (Å²) in [5.74, 6) is 0.756. The summed E-state index contributed by atoms with van der Waals surface area (Å²) in [6, 6.07) is 6.30. The maximum atomic E-state index is 5.63. The summed E-state index contributed by atoms with van der Waals surface area (Å²) in [5.41, 5.74) is 5.56. The number of aromatic nitrogens is 4. The molecule has 0 radical (unpaired) electrons. The van der Waals surface area contributed by atoms with Crippen LogP contribution in [0.1, 0.15) is 37.4 Å². The molecule has 0 atom stereocenters. The van der Waals surface area contributed by atoms with Gasteiger partial charge in [0.1, 0.15) is 11.0 Å². The molecule has 136 valence electrons. The molecule has 0 unspecified atom stereocenters. The Bertz CT molecular complexity index is 870. The van der Waals surface area contributed by atoms with Crippen molar-refractivity contribution < 1.29 is 4.74 Å². The Morgan fingerprint density at radius 2 is 2.12 bits per heavy atom. The predicted molar refractivity (Wildman–Crippen MR) is 103 cm³/mol. The Hall–Kier alpha value is -2.63. The summed E-state index contributed by atoms with van der Waals surface area (Å²) < 4.78 is 5.63. The minimum atomic E-state index is 0.641. The van der Waals surface area contributed by atoms with E-state index in [0.717, 1.165) is 55.0 Å². The van der Waals surface area contributed by atoms with E-state index in [4.69, 9.17) is 9.72 Å². The first-order valence-electron chi connectivity index (χ1n) is 9.50. The van der Waals surface area contributed by atoms with Gasteiger partial charge >= 0.3 is 0 Å². The first-order valence-corrected chi connectivity index (χ1v) is 9.50. The lowest BCUT2D eigenvalue weighted by Gasteiger charge is -2.19. The second-order valence-corrected chi connectivity index (χ2v) is 6.71. The standard InChI is InChI=1S/C20H25N5O/c1-2-26-20-15(8-6-10-21-20)7-5-9-16-13-18(25-11-3-4-12-25)19-17(23-16)14-22-24-19/h6,8,10,13-14H,2-5,7,9,11-12H2,1H3,(H,22,24). The van der Waals surface area contributed by atoms with Gasteiger partial charge in [0.15, 0.2) is 0 Å². The molecule has 6 nitrogen and oxygen atoms in total. The number of aryl methyl sites for hydroxylation is 2. The SMILES string of the molecule is CCOc1ncccc1CCCc1cc(N2CCCC2)c2[nH]ncc2n1. The van der Waals surface area contributed by atoms with Crippen LogP contribution in [-0.2, 0) is 12.8 Å². The van der Waals surface area contributed by atoms with Gasteiger partial charge in [-0.05, 0) is 51.2 Å². The highest BCUT2D eigenvalue weighted by Gasteiger charge is 2.17. The Morgan fingerprint density at radius 3 is 2.96 bits per heavy atom. The third-order valence-corrected chi connectivity index (χ3v) is 4.90. The molecule has 0 aromatic carbocycles. The molecule has 1 fully saturated rings. The summed E-state index contributed by atoms with van der Waals surface area (Å²) in [7, 11) is 0. The summed E-state index contributed by atoms with van der Waals surface area (Å²) in [6.07, 6.45) is 9.01. The van der Waals surface area contributed by atoms with E-state index in [-0.39, 0.29) is 0 Å². The summed E-state index contributed by atoms with van der Waals surface area (Å²) in [4.78, 5) is 11.6. The van der Waals surface area contributed by atoms with Gasteiger partial charge in [-0.25, -0.2) is 9.97 Å². The highest BCUT2D eigenvalue weighted by Crippen LogP contribution is 2.28. The zero-order valence-corrected chi connectivity index (χ0v) is 15.2. The predicted octanol–water partition coefficient (Wildman–Crippen LogP) is 3.53. The lowest BCUT2D eigenvalue weighted by Crippen LogP contribution is -2.18. The van der Waals surface area contributed by atoms with Crippen molar-refractivity contribution >= 4 is 16.7 Å². The number of anilines is 1. The number of aromatic amines is 1. The molecule has 0 bridgehead atoms. The van der Waals surface area contributed by atoms with E-state index in [1.54, 1.807) is 6.20 Å². The van der Waals surface area contributed by atoms with Crippen LogP contribution in [0.4, 0.5) is 5.69 Å². The topological polar surface area (TPSA) is 66.9 Å². The van der Waals surface area contributed by atoms with Crippen LogP contribution in [0.15, 0.2) is 30.6 Å². The Kier molecular flexibility index (Phi) is 5.00. The van der Waals surface area contributed by atoms with Crippen molar-refractivity contribution in [3.63, 3.8) is 0 Å². The molecular formula is C20H25N5O. The van der Waals surface area contributed by atoms with Gasteiger partial charge in [-0.15, -0.1) is 0 Å². The highest BCUT2D eigenvalue weighted by molar-refractivity contribution is 5.88. The van der Waals surface area contributed by atoms with Gasteiger partial charge in [0.05, 0.1) is 18.5 Å². The molecule has 0 spiro atoms. The first kappa shape index (κ1) is 16.8. The van der Waals surface area contributed by atoms with Gasteiger partial charge in [-0.1, -0.05) is 6.07 Å². The second-order valence-electron chi connectivity index (χ2n) is 6.71. The van der Waals surface area contributed by atoms with E-state index in [9.17, 15) is 0 Å². The van der Waals surface area contributed by atoms with E-state index in [2.05, 4.69) is 32.2 Å². The van der Waals surface area contributed by atoms with Crippen LogP contribution in [0.3, 0.4) is 0 Å². The monoisotopic (exact) mass is 351 g/mol. The molecular weight excluding hydrogens is 326 g/mol. The van der Waals surface area contributed by atoms with E-state index in [1.807, 2.05) is 19.2 Å². The molecule has 3 aromatic heterocycles. The fourth-order valence-electron chi connectivity index (χ4n) is 3.65. The van der Waals surface area contributed by atoms with E-state index < -0.39 is 0 Å². The van der Waals surface area contributed by atoms with E-state index in [1.165, 1.54) is 24.1 Å². The van der Waals surface area contributed by atoms with Crippen LogP contribution < -0.4 is 9.64 Å². The minimum absolute atomic E-state index is 0.641. The minimum Gasteiger partial charge on any atom is -0.478 e. The third kappa shape index (κ3) is 3.49. The number of pyridine rings is 2. The summed E-state index contributed by atoms with van der Waals surface area (Å²) >= 11 is 0. The van der Waals surface area contributed by atoms with Gasteiger partial charge in [-0.2, -0.15) is 5.10 Å². The molecule has 0 aliphatic carbocycles. The van der Waals surface area contributed by atoms with Crippen LogP contribution in [0.2, 0.25) is 0 Å². The number of hydrogen-bond donors (Lipinski definition) is 1. The van der Waals surface area contributed by atoms with Gasteiger partial charge in [0.2, 0.25) is 5.88 Å². The molecule has 1 saturated heterocycles. The molecule has 0 amide bonds. The fraction of sp³-hybridized carbons (Fsp3) is 0.450. The maximum Gasteiger partial charge on any atom is 0.216 e. The van der Waals surface area contributed by atoms with E-state index >= 15 is 0 Å². The molecule has 3 aromatic rings. The summed E-state index contributed by atoms with van der Waals surface area (Å²) in [6.45, 7) is 4.86. The van der Waals surface area contributed by atoms with Gasteiger partial charge < -0.3 is 9.64 Å². The normalized spacial score (nSPS) is 14.3. The number of rotatable bonds is 7. The number of nitrogens with zero attached hydrogens (tertiary/aromatic N) is 4.